The fourth-order valence-corrected chi connectivity index (χ4v) is 4.36. The molecule has 31 heavy (non-hydrogen) atoms. The van der Waals surface area contributed by atoms with Crippen LogP contribution in [-0.4, -0.2) is 31.6 Å². The molecule has 7 nitrogen and oxygen atoms in total. The quantitative estimate of drug-likeness (QED) is 0.321. The highest BCUT2D eigenvalue weighted by molar-refractivity contribution is 7.99. The second-order valence-electron chi connectivity index (χ2n) is 7.20. The van der Waals surface area contributed by atoms with Crippen molar-refractivity contribution in [1.29, 1.82) is 0 Å². The second kappa shape index (κ2) is 13.3. The van der Waals surface area contributed by atoms with E-state index in [1.54, 1.807) is 42.2 Å². The van der Waals surface area contributed by atoms with E-state index in [0.717, 1.165) is 22.8 Å². The molecule has 0 spiro atoms. The zero-order valence-electron chi connectivity index (χ0n) is 17.9. The van der Waals surface area contributed by atoms with Crippen molar-refractivity contribution < 1.29 is 17.4 Å². The van der Waals surface area contributed by atoms with Crippen LogP contribution in [0.2, 0.25) is 0 Å². The number of hydrogen-bond acceptors (Lipinski definition) is 6. The molecule has 0 aliphatic heterocycles. The van der Waals surface area contributed by atoms with Crippen molar-refractivity contribution in [3.63, 3.8) is 0 Å². The summed E-state index contributed by atoms with van der Waals surface area (Å²) in [5, 5.41) is 8.53. The Balaban J connectivity index is 1.78. The molecule has 0 saturated carbocycles. The lowest BCUT2D eigenvalue weighted by atomic mass is 10.1. The van der Waals surface area contributed by atoms with Crippen molar-refractivity contribution in [1.82, 2.24) is 10.3 Å². The van der Waals surface area contributed by atoms with Crippen LogP contribution in [0.1, 0.15) is 61.4 Å². The van der Waals surface area contributed by atoms with Crippen LogP contribution in [0.5, 0.6) is 5.75 Å². The van der Waals surface area contributed by atoms with Gasteiger partial charge in [0, 0.05) is 12.7 Å². The molecule has 0 saturated heterocycles. The van der Waals surface area contributed by atoms with E-state index in [1.807, 2.05) is 0 Å². The van der Waals surface area contributed by atoms with Gasteiger partial charge in [-0.1, -0.05) is 51.2 Å². The number of aromatic nitrogens is 1. The Morgan fingerprint density at radius 3 is 2.52 bits per heavy atom. The lowest BCUT2D eigenvalue weighted by molar-refractivity contribution is 0.0950. The highest BCUT2D eigenvalue weighted by Gasteiger charge is 2.12. The average Bonchev–Trinajstić information content (AvgIpc) is 2.73. The minimum absolute atomic E-state index is 0.146. The number of unbranched alkanes of at least 4 members (excludes halogenated alkanes) is 5. The number of carbonyl (C=O) groups excluding carboxylic acids is 1. The molecule has 9 heteroatoms. The number of nitrogens with two attached hydrogens (primary N) is 1. The Morgan fingerprint density at radius 1 is 1.10 bits per heavy atom. The van der Waals surface area contributed by atoms with E-state index >= 15 is 0 Å². The Hall–Kier alpha value is -2.10. The number of hydrogen-bond donors (Lipinski definition) is 2. The summed E-state index contributed by atoms with van der Waals surface area (Å²) < 4.78 is 26.5. The molecule has 2 rings (SSSR count). The van der Waals surface area contributed by atoms with E-state index in [-0.39, 0.29) is 11.7 Å². The van der Waals surface area contributed by atoms with Gasteiger partial charge in [0.1, 0.15) is 10.8 Å². The van der Waals surface area contributed by atoms with Gasteiger partial charge in [0.2, 0.25) is 0 Å². The van der Waals surface area contributed by atoms with Gasteiger partial charge < -0.3 is 9.50 Å². The third-order valence-electron chi connectivity index (χ3n) is 4.59. The zero-order chi connectivity index (χ0) is 22.5. The Morgan fingerprint density at radius 2 is 1.81 bits per heavy atom. The Labute approximate surface area is 189 Å². The van der Waals surface area contributed by atoms with E-state index < -0.39 is 10.3 Å². The molecule has 0 aliphatic carbocycles. The molecule has 0 unspecified atom stereocenters. The number of nitrogens with zero attached hydrogens (tertiary/aromatic N) is 1. The topological polar surface area (TPSA) is 111 Å². The lowest BCUT2D eigenvalue weighted by Crippen LogP contribution is -2.26. The van der Waals surface area contributed by atoms with Crippen molar-refractivity contribution in [3.05, 3.63) is 53.7 Å². The number of benzene rings is 1. The molecule has 1 aromatic carbocycles. The summed E-state index contributed by atoms with van der Waals surface area (Å²) in [5.41, 5.74) is 1.53. The van der Waals surface area contributed by atoms with Crippen LogP contribution in [0.15, 0.2) is 47.6 Å². The number of carbonyl (C=O) groups is 1. The van der Waals surface area contributed by atoms with Crippen molar-refractivity contribution in [3.8, 4) is 5.75 Å². The van der Waals surface area contributed by atoms with Gasteiger partial charge in [0.15, 0.2) is 0 Å². The summed E-state index contributed by atoms with van der Waals surface area (Å²) in [6.07, 6.45) is 9.75. The molecule has 170 valence electrons. The molecule has 0 atom stereocenters. The SMILES string of the molecule is CCCCCCCCSc1ncccc1C(=O)NCCc1ccc(OS(N)(=O)=O)cc1. The van der Waals surface area contributed by atoms with Gasteiger partial charge >= 0.3 is 10.3 Å². The van der Waals surface area contributed by atoms with Crippen LogP contribution in [0.25, 0.3) is 0 Å². The Bertz CT molecular complexity index is 919. The first-order valence-electron chi connectivity index (χ1n) is 10.6. The van der Waals surface area contributed by atoms with Crippen molar-refractivity contribution in [2.24, 2.45) is 5.14 Å². The van der Waals surface area contributed by atoms with E-state index in [2.05, 4.69) is 21.4 Å². The molecule has 3 N–H and O–H groups in total. The number of amides is 1. The van der Waals surface area contributed by atoms with E-state index in [0.29, 0.717) is 18.5 Å². The molecule has 0 radical (unpaired) electrons. The number of rotatable bonds is 14. The highest BCUT2D eigenvalue weighted by atomic mass is 32.2. The lowest BCUT2D eigenvalue weighted by Gasteiger charge is -2.09. The van der Waals surface area contributed by atoms with Gasteiger partial charge in [0.05, 0.1) is 5.56 Å². The van der Waals surface area contributed by atoms with Gasteiger partial charge in [0.25, 0.3) is 5.91 Å². The zero-order valence-corrected chi connectivity index (χ0v) is 19.5. The van der Waals surface area contributed by atoms with E-state index in [1.165, 1.54) is 44.2 Å². The number of pyridine rings is 1. The smallest absolute Gasteiger partial charge is 0.371 e. The maximum atomic E-state index is 12.6. The van der Waals surface area contributed by atoms with Crippen molar-refractivity contribution in [2.75, 3.05) is 12.3 Å². The summed E-state index contributed by atoms with van der Waals surface area (Å²) in [4.78, 5) is 17.0. The third-order valence-corrected chi connectivity index (χ3v) is 6.10. The van der Waals surface area contributed by atoms with Gasteiger partial charge in [-0.05, 0) is 48.4 Å². The van der Waals surface area contributed by atoms with Crippen LogP contribution in [0.4, 0.5) is 0 Å². The minimum Gasteiger partial charge on any atom is -0.371 e. The van der Waals surface area contributed by atoms with E-state index in [9.17, 15) is 13.2 Å². The van der Waals surface area contributed by atoms with Crippen molar-refractivity contribution in [2.45, 2.75) is 56.9 Å². The van der Waals surface area contributed by atoms with Crippen LogP contribution < -0.4 is 14.6 Å². The summed E-state index contributed by atoms with van der Waals surface area (Å²) in [7, 11) is -4.03. The maximum absolute atomic E-state index is 12.6. The summed E-state index contributed by atoms with van der Waals surface area (Å²) in [6.45, 7) is 2.66. The standard InChI is InChI=1S/C22H31N3O4S2/c1-2-3-4-5-6-7-17-30-22-20(9-8-15-25-22)21(26)24-16-14-18-10-12-19(13-11-18)29-31(23,27)28/h8-13,15H,2-7,14,16-17H2,1H3,(H,24,26)(H2,23,27,28). The fourth-order valence-electron chi connectivity index (χ4n) is 2.99. The normalized spacial score (nSPS) is 11.3. The predicted octanol–water partition coefficient (Wildman–Crippen LogP) is 4.09. The van der Waals surface area contributed by atoms with Gasteiger partial charge in [-0.25, -0.2) is 4.98 Å². The first-order chi connectivity index (χ1) is 14.9. The van der Waals surface area contributed by atoms with Gasteiger partial charge in [-0.3, -0.25) is 4.79 Å². The third kappa shape index (κ3) is 10.2. The molecule has 1 amide bonds. The predicted molar refractivity (Wildman–Crippen MR) is 125 cm³/mol. The highest BCUT2D eigenvalue weighted by Crippen LogP contribution is 2.22. The van der Waals surface area contributed by atoms with Crippen molar-refractivity contribution >= 4 is 28.0 Å². The first-order valence-corrected chi connectivity index (χ1v) is 13.0. The molecular formula is C22H31N3O4S2. The first kappa shape index (κ1) is 25.2. The Kier molecular flexibility index (Phi) is 10.8. The largest absolute Gasteiger partial charge is 0.380 e. The van der Waals surface area contributed by atoms with Crippen LogP contribution in [-0.2, 0) is 16.7 Å². The fraction of sp³-hybridized carbons (Fsp3) is 0.455. The molecule has 2 aromatic rings. The average molecular weight is 466 g/mol. The molecular weight excluding hydrogens is 434 g/mol. The molecule has 1 heterocycles. The number of nitrogens with one attached hydrogen (secondary N) is 1. The monoisotopic (exact) mass is 465 g/mol. The van der Waals surface area contributed by atoms with Gasteiger partial charge in [-0.2, -0.15) is 13.6 Å². The second-order valence-corrected chi connectivity index (χ2v) is 9.43. The molecule has 0 bridgehead atoms. The molecule has 1 aromatic heterocycles. The summed E-state index contributed by atoms with van der Waals surface area (Å²) in [5.74, 6) is 0.960. The van der Waals surface area contributed by atoms with Crippen LogP contribution in [0, 0.1) is 0 Å². The van der Waals surface area contributed by atoms with Crippen LogP contribution >= 0.6 is 11.8 Å². The molecule has 0 fully saturated rings. The van der Waals surface area contributed by atoms with Crippen LogP contribution in [0.3, 0.4) is 0 Å². The number of thioether (sulfide) groups is 1. The molecule has 0 aliphatic rings. The summed E-state index contributed by atoms with van der Waals surface area (Å²) >= 11 is 1.63. The maximum Gasteiger partial charge on any atom is 0.380 e. The minimum atomic E-state index is -4.03. The summed E-state index contributed by atoms with van der Waals surface area (Å²) in [6, 6.07) is 10.1. The van der Waals surface area contributed by atoms with Gasteiger partial charge in [-0.15, -0.1) is 11.8 Å². The van der Waals surface area contributed by atoms with E-state index in [4.69, 9.17) is 5.14 Å².